The first-order valence-electron chi connectivity index (χ1n) is 17.3. The van der Waals surface area contributed by atoms with Crippen LogP contribution in [0, 0.1) is 6.92 Å². The van der Waals surface area contributed by atoms with Gasteiger partial charge >= 0.3 is 0 Å². The quantitative estimate of drug-likeness (QED) is 0.0774. The number of nitrogens with zero attached hydrogens (tertiary/aromatic N) is 5. The number of ether oxygens (including phenoxy) is 5. The number of benzene rings is 2. The van der Waals surface area contributed by atoms with Gasteiger partial charge in [-0.3, -0.25) is 14.4 Å². The zero-order valence-electron chi connectivity index (χ0n) is 30.2. The Bertz CT molecular complexity index is 2260. The lowest BCUT2D eigenvalue weighted by molar-refractivity contribution is -0.109. The largest absolute Gasteiger partial charge is 0.491 e. The fourth-order valence-electron chi connectivity index (χ4n) is 5.20. The molecule has 0 saturated heterocycles. The first-order valence-corrected chi connectivity index (χ1v) is 18.2. The van der Waals surface area contributed by atoms with Crippen LogP contribution in [0.1, 0.15) is 21.7 Å². The SMILES string of the molecule is Cc1ncsc1-c1ccc(CNC=O)c(OCCOCCOCCOCCOc2ccc(C(=O)Nc3ccc4oc(-c5ccc(=O)n(C)n5)nc4c3)nc2)c1. The fourth-order valence-corrected chi connectivity index (χ4v) is 6.01. The van der Waals surface area contributed by atoms with Crippen LogP contribution in [0.2, 0.25) is 0 Å². The monoisotopic (exact) mass is 769 g/mol. The molecule has 4 heterocycles. The van der Waals surface area contributed by atoms with Crippen molar-refractivity contribution in [3.63, 3.8) is 0 Å². The molecule has 0 aliphatic rings. The standard InChI is InChI=1S/C38H39N7O9S/c1-25-36(55-24-41-25)26-3-4-27(21-39-23-46)34(19-26)53-18-16-51-14-12-49-11-13-50-15-17-52-29-6-7-30(40-22-29)37(48)42-28-5-9-33-32(20-28)43-38(54-33)31-8-10-35(47)45(2)44-31/h3-10,19-20,22-24H,11-18,21H2,1-2H3,(H,39,46)(H,42,48). The maximum Gasteiger partial charge on any atom is 0.274 e. The average Bonchev–Trinajstić information content (AvgIpc) is 3.83. The summed E-state index contributed by atoms with van der Waals surface area (Å²) < 4.78 is 35.4. The maximum atomic E-state index is 12.8. The Labute approximate surface area is 319 Å². The lowest BCUT2D eigenvalue weighted by Crippen LogP contribution is -2.18. The Balaban J connectivity index is 0.821. The first kappa shape index (κ1) is 38.7. The molecule has 0 saturated carbocycles. The molecule has 0 aliphatic heterocycles. The van der Waals surface area contributed by atoms with Gasteiger partial charge in [0.15, 0.2) is 5.58 Å². The Hall–Kier alpha value is -6.01. The van der Waals surface area contributed by atoms with Crippen LogP contribution in [0.5, 0.6) is 11.5 Å². The second kappa shape index (κ2) is 19.4. The molecule has 6 rings (SSSR count). The molecular formula is C38H39N7O9S. The molecule has 6 aromatic rings. The number of aryl methyl sites for hydroxylation is 2. The summed E-state index contributed by atoms with van der Waals surface area (Å²) >= 11 is 1.57. The molecular weight excluding hydrogens is 731 g/mol. The van der Waals surface area contributed by atoms with Crippen molar-refractivity contribution in [2.45, 2.75) is 13.5 Å². The summed E-state index contributed by atoms with van der Waals surface area (Å²) in [7, 11) is 1.54. The van der Waals surface area contributed by atoms with Crippen molar-refractivity contribution < 1.29 is 37.7 Å². The Morgan fingerprint density at radius 3 is 2.35 bits per heavy atom. The van der Waals surface area contributed by atoms with Crippen molar-refractivity contribution in [1.29, 1.82) is 0 Å². The molecule has 0 aliphatic carbocycles. The predicted octanol–water partition coefficient (Wildman–Crippen LogP) is 4.42. The molecule has 0 atom stereocenters. The molecule has 17 heteroatoms. The van der Waals surface area contributed by atoms with Crippen molar-refractivity contribution in [3.05, 3.63) is 99.7 Å². The molecule has 0 spiro atoms. The van der Waals surface area contributed by atoms with Gasteiger partial charge in [-0.2, -0.15) is 5.10 Å². The summed E-state index contributed by atoms with van der Waals surface area (Å²) in [5, 5.41) is 9.65. The van der Waals surface area contributed by atoms with E-state index < -0.39 is 5.91 Å². The van der Waals surface area contributed by atoms with Crippen LogP contribution in [-0.2, 0) is 32.6 Å². The summed E-state index contributed by atoms with van der Waals surface area (Å²) in [6, 6.07) is 17.1. The highest BCUT2D eigenvalue weighted by Crippen LogP contribution is 2.32. The molecule has 0 fully saturated rings. The number of rotatable bonds is 21. The molecule has 0 bridgehead atoms. The van der Waals surface area contributed by atoms with Gasteiger partial charge in [0.1, 0.15) is 41.6 Å². The third-order valence-corrected chi connectivity index (χ3v) is 8.95. The third kappa shape index (κ3) is 10.8. The number of hydrogen-bond acceptors (Lipinski definition) is 14. The molecule has 0 radical (unpaired) electrons. The van der Waals surface area contributed by atoms with Crippen LogP contribution in [-0.4, -0.2) is 89.9 Å². The van der Waals surface area contributed by atoms with E-state index in [2.05, 4.69) is 30.7 Å². The van der Waals surface area contributed by atoms with E-state index >= 15 is 0 Å². The molecule has 16 nitrogen and oxygen atoms in total. The molecule has 2 N–H and O–H groups in total. The van der Waals surface area contributed by atoms with Gasteiger partial charge in [-0.05, 0) is 55.0 Å². The number of fused-ring (bicyclic) bond motifs is 1. The maximum absolute atomic E-state index is 12.8. The van der Waals surface area contributed by atoms with Crippen LogP contribution < -0.4 is 25.7 Å². The van der Waals surface area contributed by atoms with Crippen molar-refractivity contribution >= 4 is 40.4 Å². The summed E-state index contributed by atoms with van der Waals surface area (Å²) in [5.74, 6) is 1.04. The smallest absolute Gasteiger partial charge is 0.274 e. The molecule has 55 heavy (non-hydrogen) atoms. The minimum absolute atomic E-state index is 0.206. The van der Waals surface area contributed by atoms with E-state index in [4.69, 9.17) is 28.1 Å². The lowest BCUT2D eigenvalue weighted by atomic mass is 10.1. The van der Waals surface area contributed by atoms with Crippen LogP contribution in [0.15, 0.2) is 81.6 Å². The lowest BCUT2D eigenvalue weighted by Gasteiger charge is -2.13. The van der Waals surface area contributed by atoms with Gasteiger partial charge in [-0.15, -0.1) is 11.3 Å². The molecule has 286 valence electrons. The van der Waals surface area contributed by atoms with Crippen LogP contribution in [0.3, 0.4) is 0 Å². The zero-order valence-corrected chi connectivity index (χ0v) is 31.0. The van der Waals surface area contributed by atoms with Crippen molar-refractivity contribution in [2.75, 3.05) is 58.2 Å². The summed E-state index contributed by atoms with van der Waals surface area (Å²) in [6.45, 7) is 5.30. The van der Waals surface area contributed by atoms with Crippen LogP contribution in [0.25, 0.3) is 33.1 Å². The molecule has 0 unspecified atom stereocenters. The third-order valence-electron chi connectivity index (χ3n) is 7.97. The number of anilines is 1. The minimum atomic E-state index is -0.404. The van der Waals surface area contributed by atoms with E-state index in [9.17, 15) is 14.4 Å². The van der Waals surface area contributed by atoms with Crippen molar-refractivity contribution in [3.8, 4) is 33.5 Å². The number of amides is 2. The number of aromatic nitrogens is 5. The molecule has 2 aromatic carbocycles. The summed E-state index contributed by atoms with van der Waals surface area (Å²) in [6.07, 6.45) is 2.14. The zero-order chi connectivity index (χ0) is 38.4. The minimum Gasteiger partial charge on any atom is -0.491 e. The van der Waals surface area contributed by atoms with Crippen molar-refractivity contribution in [2.24, 2.45) is 7.05 Å². The number of oxazole rings is 1. The van der Waals surface area contributed by atoms with Gasteiger partial charge in [-0.25, -0.2) is 19.6 Å². The Kier molecular flexibility index (Phi) is 13.6. The molecule has 4 aromatic heterocycles. The Morgan fingerprint density at radius 1 is 0.891 bits per heavy atom. The first-order chi connectivity index (χ1) is 26.9. The van der Waals surface area contributed by atoms with E-state index in [0.29, 0.717) is 99.8 Å². The normalized spacial score (nSPS) is 11.1. The van der Waals surface area contributed by atoms with E-state index in [1.807, 2.05) is 30.6 Å². The van der Waals surface area contributed by atoms with Gasteiger partial charge in [0.05, 0.1) is 61.9 Å². The summed E-state index contributed by atoms with van der Waals surface area (Å²) in [4.78, 5) is 49.3. The second-order valence-corrected chi connectivity index (χ2v) is 12.7. The van der Waals surface area contributed by atoms with Crippen LogP contribution >= 0.6 is 11.3 Å². The topological polar surface area (TPSA) is 191 Å². The van der Waals surface area contributed by atoms with E-state index in [-0.39, 0.29) is 17.1 Å². The number of thiazole rings is 1. The van der Waals surface area contributed by atoms with Crippen molar-refractivity contribution in [1.82, 2.24) is 30.0 Å². The van der Waals surface area contributed by atoms with E-state index in [0.717, 1.165) is 21.7 Å². The van der Waals surface area contributed by atoms with Gasteiger partial charge in [0, 0.05) is 30.9 Å². The fraction of sp³-hybridized carbons (Fsp3) is 0.289. The van der Waals surface area contributed by atoms with E-state index in [1.54, 1.807) is 48.7 Å². The van der Waals surface area contributed by atoms with Gasteiger partial charge in [-0.1, -0.05) is 12.1 Å². The highest BCUT2D eigenvalue weighted by atomic mass is 32.1. The number of nitrogens with one attached hydrogen (secondary N) is 2. The molecule has 2 amide bonds. The number of hydrogen-bond donors (Lipinski definition) is 2. The van der Waals surface area contributed by atoms with E-state index in [1.165, 1.54) is 23.0 Å². The van der Waals surface area contributed by atoms with Crippen LogP contribution in [0.4, 0.5) is 5.69 Å². The predicted molar refractivity (Wildman–Crippen MR) is 203 cm³/mol. The number of pyridine rings is 1. The van der Waals surface area contributed by atoms with Gasteiger partial charge in [0.25, 0.3) is 11.5 Å². The van der Waals surface area contributed by atoms with Gasteiger partial charge in [0.2, 0.25) is 12.3 Å². The highest BCUT2D eigenvalue weighted by Gasteiger charge is 2.14. The second-order valence-electron chi connectivity index (χ2n) is 11.8. The highest BCUT2D eigenvalue weighted by molar-refractivity contribution is 7.13. The number of carbonyl (C=O) groups is 2. The Morgan fingerprint density at radius 2 is 1.65 bits per heavy atom. The van der Waals surface area contributed by atoms with Gasteiger partial charge < -0.3 is 38.7 Å². The average molecular weight is 770 g/mol. The summed E-state index contributed by atoms with van der Waals surface area (Å²) in [5.41, 5.74) is 6.56. The number of carbonyl (C=O) groups excluding carboxylic acids is 2.